The van der Waals surface area contributed by atoms with Crippen molar-refractivity contribution in [2.24, 2.45) is 0 Å². The predicted molar refractivity (Wildman–Crippen MR) is 249 cm³/mol. The molecule has 2 aromatic heterocycles. The monoisotopic (exact) mass is 855 g/mol. The topological polar surface area (TPSA) is 119 Å². The number of aromatic amines is 2. The zero-order chi connectivity index (χ0) is 43.5. The molecule has 0 radical (unpaired) electrons. The summed E-state index contributed by atoms with van der Waals surface area (Å²) >= 11 is 0. The minimum Gasteiger partial charge on any atom is -0.364 e. The van der Waals surface area contributed by atoms with E-state index in [2.05, 4.69) is 53.8 Å². The minimum absolute atomic E-state index is 0.191. The van der Waals surface area contributed by atoms with E-state index < -0.39 is 0 Å². The fourth-order valence-electron chi connectivity index (χ4n) is 10.9. The number of amides is 4. The maximum absolute atomic E-state index is 14.0. The van der Waals surface area contributed by atoms with E-state index in [9.17, 15) is 19.2 Å². The molecule has 12 nitrogen and oxygen atoms in total. The summed E-state index contributed by atoms with van der Waals surface area (Å²) in [6.45, 7) is 8.35. The van der Waals surface area contributed by atoms with Crippen LogP contribution in [0, 0.1) is 0 Å². The molecule has 2 aromatic carbocycles. The molecule has 0 aliphatic carbocycles. The fourth-order valence-corrected chi connectivity index (χ4v) is 10.9. The zero-order valence-electron chi connectivity index (χ0n) is 37.6. The number of piperazine rings is 2. The number of para-hydroxylation sites is 2. The molecule has 11 rings (SSSR count). The molecule has 4 amide bonds. The van der Waals surface area contributed by atoms with Gasteiger partial charge >= 0.3 is 0 Å². The molecule has 334 valence electrons. The van der Waals surface area contributed by atoms with E-state index in [-0.39, 0.29) is 23.6 Å². The van der Waals surface area contributed by atoms with Crippen LogP contribution >= 0.6 is 0 Å². The van der Waals surface area contributed by atoms with Gasteiger partial charge in [-0.05, 0) is 63.7 Å². The Bertz CT molecular complexity index is 2240. The highest BCUT2D eigenvalue weighted by Crippen LogP contribution is 2.40. The second-order valence-corrected chi connectivity index (χ2v) is 18.6. The Hall–Kier alpha value is -5.20. The first-order valence-corrected chi connectivity index (χ1v) is 24.1. The molecule has 7 aliphatic heterocycles. The van der Waals surface area contributed by atoms with Gasteiger partial charge in [-0.1, -0.05) is 94.2 Å². The van der Waals surface area contributed by atoms with Crippen LogP contribution in [0.1, 0.15) is 106 Å². The number of H-pyrrole nitrogens is 2. The van der Waals surface area contributed by atoms with Crippen molar-refractivity contribution in [1.29, 1.82) is 0 Å². The van der Waals surface area contributed by atoms with Gasteiger partial charge in [0.2, 0.25) is 0 Å². The average molecular weight is 855 g/mol. The number of aryl methyl sites for hydroxylation is 2. The van der Waals surface area contributed by atoms with Gasteiger partial charge in [-0.3, -0.25) is 38.8 Å². The summed E-state index contributed by atoms with van der Waals surface area (Å²) in [7, 11) is 3.26. The number of carbonyl (C=O) groups excluding carboxylic acids is 4. The first-order valence-electron chi connectivity index (χ1n) is 24.1. The molecule has 2 saturated heterocycles. The smallest absolute Gasteiger partial charge is 0.277 e. The molecule has 2 N–H and O–H groups in total. The largest absolute Gasteiger partial charge is 0.364 e. The van der Waals surface area contributed by atoms with Crippen molar-refractivity contribution in [3.05, 3.63) is 82.4 Å². The Labute approximate surface area is 372 Å². The normalized spacial score (nSPS) is 23.6. The van der Waals surface area contributed by atoms with Gasteiger partial charge in [0.05, 0.1) is 11.1 Å². The molecule has 0 spiro atoms. The Balaban J connectivity index is 0.904. The molecule has 7 aliphatic rings. The third-order valence-electron chi connectivity index (χ3n) is 14.5. The van der Waals surface area contributed by atoms with Crippen molar-refractivity contribution in [2.45, 2.75) is 96.3 Å². The van der Waals surface area contributed by atoms with Crippen LogP contribution in [0.4, 0.5) is 0 Å². The van der Waals surface area contributed by atoms with Crippen LogP contribution in [0.5, 0.6) is 0 Å². The summed E-state index contributed by atoms with van der Waals surface area (Å²) in [5.41, 5.74) is 8.28. The quantitative estimate of drug-likeness (QED) is 0.179. The number of benzene rings is 2. The third kappa shape index (κ3) is 8.73. The van der Waals surface area contributed by atoms with Crippen LogP contribution < -0.4 is 0 Å². The summed E-state index contributed by atoms with van der Waals surface area (Å²) in [4.78, 5) is 75.0. The molecule has 63 heavy (non-hydrogen) atoms. The van der Waals surface area contributed by atoms with E-state index in [1.54, 1.807) is 14.1 Å². The van der Waals surface area contributed by atoms with Crippen LogP contribution in [-0.4, -0.2) is 143 Å². The fraction of sp³-hybridized carbons (Fsp3) is 0.529. The second-order valence-electron chi connectivity index (χ2n) is 18.6. The molecule has 0 atom stereocenters. The van der Waals surface area contributed by atoms with Crippen LogP contribution in [0.25, 0.3) is 33.0 Å². The van der Waals surface area contributed by atoms with E-state index in [4.69, 9.17) is 0 Å². The third-order valence-corrected chi connectivity index (χ3v) is 14.5. The molecular formula is C51H66N8O4. The molecule has 2 fully saturated rings. The first kappa shape index (κ1) is 43.1. The van der Waals surface area contributed by atoms with Gasteiger partial charge in [-0.15, -0.1) is 0 Å². The van der Waals surface area contributed by atoms with Crippen molar-refractivity contribution in [1.82, 2.24) is 39.4 Å². The number of aromatic nitrogens is 2. The Morgan fingerprint density at radius 3 is 1.14 bits per heavy atom. The van der Waals surface area contributed by atoms with E-state index in [0.717, 1.165) is 168 Å². The van der Waals surface area contributed by atoms with Crippen LogP contribution in [0.15, 0.2) is 59.9 Å². The first-order chi connectivity index (χ1) is 30.8. The van der Waals surface area contributed by atoms with Gasteiger partial charge in [0.15, 0.2) is 0 Å². The van der Waals surface area contributed by atoms with E-state index in [0.29, 0.717) is 22.5 Å². The lowest BCUT2D eigenvalue weighted by molar-refractivity contribution is -0.137. The minimum atomic E-state index is -0.197. The number of carbonyl (C=O) groups is 4. The van der Waals surface area contributed by atoms with Crippen molar-refractivity contribution in [3.63, 3.8) is 0 Å². The van der Waals surface area contributed by atoms with E-state index >= 15 is 0 Å². The Morgan fingerprint density at radius 2 is 0.746 bits per heavy atom. The number of fused-ring (bicyclic) bond motifs is 4. The van der Waals surface area contributed by atoms with Crippen molar-refractivity contribution < 1.29 is 19.2 Å². The number of rotatable bonds is 0. The van der Waals surface area contributed by atoms with E-state index in [1.165, 1.54) is 48.3 Å². The molecule has 0 unspecified atom stereocenters. The van der Waals surface area contributed by atoms with Gasteiger partial charge in [0.1, 0.15) is 11.4 Å². The molecular weight excluding hydrogens is 789 g/mol. The standard InChI is InChI=1S/C51H66N8O4/c1-54-48(60)44-42-36-20-14-16-22-38(36)52-40(42)24-12-9-7-5-3-4-6-8-10-13-25-41-43(37-21-15-17-23-39(37)53-41)45-47(51(63)55(2)49(45)61)59-34-30-57(31-35-59)27-19-11-18-26-56-28-32-58(33-29-56)46(44)50(54)62/h14-17,20-23,52-53H,3-13,18-19,24-35H2,1-2H3. The highest BCUT2D eigenvalue weighted by Gasteiger charge is 2.43. The summed E-state index contributed by atoms with van der Waals surface area (Å²) in [6, 6.07) is 16.5. The highest BCUT2D eigenvalue weighted by atomic mass is 16.2. The summed E-state index contributed by atoms with van der Waals surface area (Å²) in [5, 5.41) is 2.04. The summed E-state index contributed by atoms with van der Waals surface area (Å²) < 4.78 is 0. The second kappa shape index (κ2) is 19.3. The van der Waals surface area contributed by atoms with Gasteiger partial charge in [0.25, 0.3) is 23.6 Å². The van der Waals surface area contributed by atoms with E-state index in [1.807, 2.05) is 24.3 Å². The lowest BCUT2D eigenvalue weighted by Crippen LogP contribution is -2.47. The molecule has 9 heterocycles. The molecule has 12 heteroatoms. The lowest BCUT2D eigenvalue weighted by Gasteiger charge is -2.37. The van der Waals surface area contributed by atoms with Crippen LogP contribution in [0.3, 0.4) is 0 Å². The van der Waals surface area contributed by atoms with Crippen LogP contribution in [0.2, 0.25) is 0 Å². The van der Waals surface area contributed by atoms with Gasteiger partial charge in [-0.2, -0.15) is 0 Å². The maximum atomic E-state index is 14.0. The van der Waals surface area contributed by atoms with Crippen molar-refractivity contribution in [2.75, 3.05) is 79.5 Å². The highest BCUT2D eigenvalue weighted by molar-refractivity contribution is 6.38. The summed E-state index contributed by atoms with van der Waals surface area (Å²) in [6.07, 6.45) is 16.6. The Kier molecular flexibility index (Phi) is 13.2. The molecule has 4 bridgehead atoms. The number of likely N-dealkylation sites (N-methyl/N-ethyl adjacent to an activating group) is 2. The average Bonchev–Trinajstić information content (AvgIpc) is 3.98. The van der Waals surface area contributed by atoms with Gasteiger partial charge in [-0.25, -0.2) is 0 Å². The van der Waals surface area contributed by atoms with Crippen molar-refractivity contribution >= 4 is 56.6 Å². The van der Waals surface area contributed by atoms with Gasteiger partial charge < -0.3 is 19.8 Å². The number of nitrogens with one attached hydrogen (secondary N) is 2. The SMILES string of the molecule is CN1C(=O)C2=C(C1=O)N1CCN(CCCCCN3CCN(CC3)C3=C(C(=O)N(C)C3=O)c3c([nH]c4ccccc34)CCCCCCCCCCCCc3[nH]c4ccccc4c32)CC1. The Morgan fingerprint density at radius 1 is 0.397 bits per heavy atom. The van der Waals surface area contributed by atoms with Gasteiger partial charge in [0, 0.05) is 111 Å². The maximum Gasteiger partial charge on any atom is 0.277 e. The number of hydrogen-bond donors (Lipinski definition) is 2. The number of imide groups is 2. The summed E-state index contributed by atoms with van der Waals surface area (Å²) in [5.74, 6) is -0.776. The number of nitrogens with zero attached hydrogens (tertiary/aromatic N) is 6. The molecule has 0 saturated carbocycles. The molecule has 4 aromatic rings. The van der Waals surface area contributed by atoms with Crippen molar-refractivity contribution in [3.8, 4) is 0 Å². The number of hydrogen-bond acceptors (Lipinski definition) is 8. The van der Waals surface area contributed by atoms with Crippen LogP contribution in [-0.2, 0) is 32.0 Å². The predicted octanol–water partition coefficient (Wildman–Crippen LogP) is 7.17. The lowest BCUT2D eigenvalue weighted by atomic mass is 9.97. The zero-order valence-corrected chi connectivity index (χ0v) is 37.6.